The minimum Gasteiger partial charge on any atom is -0.506 e. The molecule has 0 aliphatic heterocycles. The molecule has 0 fully saturated rings. The SMILES string of the molecule is Cc1ccc(NC(=O)CSC(C)(C)C)c(O)c1. The first-order valence-corrected chi connectivity index (χ1v) is 6.50. The van der Waals surface area contributed by atoms with Crippen LogP contribution in [0.1, 0.15) is 26.3 Å². The van der Waals surface area contributed by atoms with Gasteiger partial charge in [0.15, 0.2) is 0 Å². The largest absolute Gasteiger partial charge is 0.506 e. The Labute approximate surface area is 107 Å². The van der Waals surface area contributed by atoms with Gasteiger partial charge < -0.3 is 10.4 Å². The first-order chi connectivity index (χ1) is 7.78. The smallest absolute Gasteiger partial charge is 0.234 e. The van der Waals surface area contributed by atoms with Gasteiger partial charge in [0.25, 0.3) is 0 Å². The number of nitrogens with one attached hydrogen (secondary N) is 1. The van der Waals surface area contributed by atoms with Gasteiger partial charge in [0.2, 0.25) is 5.91 Å². The van der Waals surface area contributed by atoms with E-state index < -0.39 is 0 Å². The molecule has 0 radical (unpaired) electrons. The van der Waals surface area contributed by atoms with Crippen LogP contribution in [0.15, 0.2) is 18.2 Å². The number of aryl methyl sites for hydroxylation is 1. The summed E-state index contributed by atoms with van der Waals surface area (Å²) >= 11 is 1.58. The molecule has 3 nitrogen and oxygen atoms in total. The number of hydrogen-bond donors (Lipinski definition) is 2. The lowest BCUT2D eigenvalue weighted by Crippen LogP contribution is -2.18. The molecule has 1 aromatic carbocycles. The number of rotatable bonds is 3. The van der Waals surface area contributed by atoms with Crippen LogP contribution in [0, 0.1) is 6.92 Å². The van der Waals surface area contributed by atoms with Crippen LogP contribution >= 0.6 is 11.8 Å². The molecule has 0 saturated carbocycles. The first kappa shape index (κ1) is 13.9. The number of aromatic hydroxyl groups is 1. The topological polar surface area (TPSA) is 49.3 Å². The second-order valence-electron chi connectivity index (χ2n) is 4.97. The van der Waals surface area contributed by atoms with E-state index in [9.17, 15) is 9.90 Å². The summed E-state index contributed by atoms with van der Waals surface area (Å²) in [5, 5.41) is 12.3. The third-order valence-electron chi connectivity index (χ3n) is 2.06. The van der Waals surface area contributed by atoms with Crippen LogP contribution < -0.4 is 5.32 Å². The van der Waals surface area contributed by atoms with Crippen molar-refractivity contribution in [2.45, 2.75) is 32.4 Å². The Morgan fingerprint density at radius 1 is 1.41 bits per heavy atom. The quantitative estimate of drug-likeness (QED) is 0.813. The highest BCUT2D eigenvalue weighted by Gasteiger charge is 2.14. The number of carbonyl (C=O) groups is 1. The summed E-state index contributed by atoms with van der Waals surface area (Å²) < 4.78 is 0.0622. The number of thioether (sulfide) groups is 1. The molecule has 2 N–H and O–H groups in total. The Morgan fingerprint density at radius 2 is 2.06 bits per heavy atom. The van der Waals surface area contributed by atoms with Crippen LogP contribution in [0.4, 0.5) is 5.69 Å². The van der Waals surface area contributed by atoms with E-state index >= 15 is 0 Å². The highest BCUT2D eigenvalue weighted by molar-refractivity contribution is 8.01. The van der Waals surface area contributed by atoms with E-state index in [4.69, 9.17) is 0 Å². The number of phenolic OH excluding ortho intramolecular Hbond substituents is 1. The molecule has 4 heteroatoms. The van der Waals surface area contributed by atoms with Crippen molar-refractivity contribution in [3.63, 3.8) is 0 Å². The molecule has 1 rings (SSSR count). The van der Waals surface area contributed by atoms with Gasteiger partial charge in [0.05, 0.1) is 11.4 Å². The predicted molar refractivity (Wildman–Crippen MR) is 73.7 cm³/mol. The third-order valence-corrected chi connectivity index (χ3v) is 3.34. The number of hydrogen-bond acceptors (Lipinski definition) is 3. The van der Waals surface area contributed by atoms with Crippen molar-refractivity contribution < 1.29 is 9.90 Å². The summed E-state index contributed by atoms with van der Waals surface area (Å²) in [6, 6.07) is 5.20. The Morgan fingerprint density at radius 3 is 2.59 bits per heavy atom. The van der Waals surface area contributed by atoms with Crippen LogP contribution in [-0.4, -0.2) is 21.5 Å². The second kappa shape index (κ2) is 5.45. The summed E-state index contributed by atoms with van der Waals surface area (Å²) in [4.78, 5) is 11.7. The van der Waals surface area contributed by atoms with Gasteiger partial charge in [-0.15, -0.1) is 11.8 Å². The Bertz CT molecular complexity index is 410. The van der Waals surface area contributed by atoms with Crippen molar-refractivity contribution in [3.05, 3.63) is 23.8 Å². The van der Waals surface area contributed by atoms with Gasteiger partial charge >= 0.3 is 0 Å². The number of carbonyl (C=O) groups excluding carboxylic acids is 1. The Hall–Kier alpha value is -1.16. The van der Waals surface area contributed by atoms with Gasteiger partial charge in [0, 0.05) is 4.75 Å². The summed E-state index contributed by atoms with van der Waals surface area (Å²) in [6.45, 7) is 8.08. The molecule has 0 bridgehead atoms. The van der Waals surface area contributed by atoms with Crippen molar-refractivity contribution >= 4 is 23.4 Å². The summed E-state index contributed by atoms with van der Waals surface area (Å²) in [7, 11) is 0. The predicted octanol–water partition coefficient (Wildman–Crippen LogP) is 3.17. The van der Waals surface area contributed by atoms with E-state index in [1.165, 1.54) is 0 Å². The molecule has 0 aromatic heterocycles. The van der Waals surface area contributed by atoms with Gasteiger partial charge in [-0.2, -0.15) is 0 Å². The number of benzene rings is 1. The maximum absolute atomic E-state index is 11.7. The van der Waals surface area contributed by atoms with Crippen molar-refractivity contribution in [1.29, 1.82) is 0 Å². The monoisotopic (exact) mass is 253 g/mol. The van der Waals surface area contributed by atoms with E-state index in [-0.39, 0.29) is 16.4 Å². The Kier molecular flexibility index (Phi) is 4.46. The molecule has 0 spiro atoms. The molecular formula is C13H19NO2S. The molecule has 0 unspecified atom stereocenters. The number of phenols is 1. The number of amides is 1. The Balaban J connectivity index is 2.57. The highest BCUT2D eigenvalue weighted by Crippen LogP contribution is 2.26. The summed E-state index contributed by atoms with van der Waals surface area (Å²) in [5.74, 6) is 0.403. The minimum absolute atomic E-state index is 0.0622. The molecule has 1 amide bonds. The molecule has 17 heavy (non-hydrogen) atoms. The fourth-order valence-corrected chi connectivity index (χ4v) is 1.85. The zero-order valence-electron chi connectivity index (χ0n) is 10.7. The summed E-state index contributed by atoms with van der Waals surface area (Å²) in [5.41, 5.74) is 1.43. The standard InChI is InChI=1S/C13H19NO2S/c1-9-5-6-10(11(15)7-9)14-12(16)8-17-13(2,3)4/h5-7,15H,8H2,1-4H3,(H,14,16). The van der Waals surface area contributed by atoms with E-state index in [2.05, 4.69) is 26.1 Å². The lowest BCUT2D eigenvalue weighted by Gasteiger charge is -2.17. The van der Waals surface area contributed by atoms with Crippen LogP contribution in [0.3, 0.4) is 0 Å². The zero-order chi connectivity index (χ0) is 13.1. The molecule has 0 heterocycles. The van der Waals surface area contributed by atoms with E-state index in [0.717, 1.165) is 5.56 Å². The number of anilines is 1. The van der Waals surface area contributed by atoms with Crippen LogP contribution in [0.5, 0.6) is 5.75 Å². The zero-order valence-corrected chi connectivity index (χ0v) is 11.5. The van der Waals surface area contributed by atoms with Crippen LogP contribution in [0.25, 0.3) is 0 Å². The fourth-order valence-electron chi connectivity index (χ4n) is 1.22. The maximum atomic E-state index is 11.7. The molecule has 0 atom stereocenters. The third kappa shape index (κ3) is 5.13. The van der Waals surface area contributed by atoms with Gasteiger partial charge in [-0.25, -0.2) is 0 Å². The van der Waals surface area contributed by atoms with E-state index in [1.54, 1.807) is 23.9 Å². The second-order valence-corrected chi connectivity index (χ2v) is 6.77. The van der Waals surface area contributed by atoms with Gasteiger partial charge in [0.1, 0.15) is 5.75 Å². The van der Waals surface area contributed by atoms with Crippen molar-refractivity contribution in [2.24, 2.45) is 0 Å². The van der Waals surface area contributed by atoms with Crippen molar-refractivity contribution in [1.82, 2.24) is 0 Å². The lowest BCUT2D eigenvalue weighted by molar-refractivity contribution is -0.113. The molecule has 0 saturated heterocycles. The average molecular weight is 253 g/mol. The fraction of sp³-hybridized carbons (Fsp3) is 0.462. The normalized spacial score (nSPS) is 11.3. The molecular weight excluding hydrogens is 234 g/mol. The lowest BCUT2D eigenvalue weighted by atomic mass is 10.2. The summed E-state index contributed by atoms with van der Waals surface area (Å²) in [6.07, 6.45) is 0. The van der Waals surface area contributed by atoms with Crippen molar-refractivity contribution in [2.75, 3.05) is 11.1 Å². The van der Waals surface area contributed by atoms with Gasteiger partial charge in [-0.3, -0.25) is 4.79 Å². The highest BCUT2D eigenvalue weighted by atomic mass is 32.2. The average Bonchev–Trinajstić information content (AvgIpc) is 2.18. The van der Waals surface area contributed by atoms with E-state index in [1.807, 2.05) is 13.0 Å². The van der Waals surface area contributed by atoms with Crippen LogP contribution in [0.2, 0.25) is 0 Å². The maximum Gasteiger partial charge on any atom is 0.234 e. The molecule has 0 aliphatic rings. The molecule has 94 valence electrons. The first-order valence-electron chi connectivity index (χ1n) is 5.51. The van der Waals surface area contributed by atoms with E-state index in [0.29, 0.717) is 11.4 Å². The molecule has 0 aliphatic carbocycles. The van der Waals surface area contributed by atoms with Gasteiger partial charge in [-0.05, 0) is 24.6 Å². The van der Waals surface area contributed by atoms with Crippen molar-refractivity contribution in [3.8, 4) is 5.75 Å². The van der Waals surface area contributed by atoms with Crippen LogP contribution in [-0.2, 0) is 4.79 Å². The molecule has 1 aromatic rings. The van der Waals surface area contributed by atoms with Gasteiger partial charge in [-0.1, -0.05) is 26.8 Å². The minimum atomic E-state index is -0.0934.